The largest absolute Gasteiger partial charge is 0.304 e. The zero-order chi connectivity index (χ0) is 11.3. The van der Waals surface area contributed by atoms with Gasteiger partial charge in [-0.15, -0.1) is 0 Å². The molecule has 15 heavy (non-hydrogen) atoms. The van der Waals surface area contributed by atoms with Crippen LogP contribution in [0.2, 0.25) is 0 Å². The van der Waals surface area contributed by atoms with Crippen LogP contribution in [0, 0.1) is 0 Å². The second kappa shape index (κ2) is 3.04. The fourth-order valence-corrected chi connectivity index (χ4v) is 2.80. The van der Waals surface area contributed by atoms with E-state index in [9.17, 15) is 8.42 Å². The van der Waals surface area contributed by atoms with Crippen LogP contribution in [0.4, 0.5) is 0 Å². The molecule has 0 radical (unpaired) electrons. The molecule has 1 heterocycles. The van der Waals surface area contributed by atoms with Crippen molar-refractivity contribution < 1.29 is 8.42 Å². The van der Waals surface area contributed by atoms with Crippen molar-refractivity contribution in [2.75, 3.05) is 0 Å². The number of rotatable bonds is 1. The molecule has 1 aliphatic rings. The van der Waals surface area contributed by atoms with Crippen LogP contribution in [0.5, 0.6) is 0 Å². The highest BCUT2D eigenvalue weighted by atomic mass is 32.2. The first-order chi connectivity index (χ1) is 6.82. The van der Waals surface area contributed by atoms with Crippen LogP contribution in [0.15, 0.2) is 23.1 Å². The van der Waals surface area contributed by atoms with Crippen molar-refractivity contribution in [3.63, 3.8) is 0 Å². The molecule has 0 saturated heterocycles. The van der Waals surface area contributed by atoms with E-state index in [0.717, 1.165) is 11.1 Å². The number of hydrogen-bond acceptors (Lipinski definition) is 3. The lowest BCUT2D eigenvalue weighted by Crippen LogP contribution is -2.28. The maximum absolute atomic E-state index is 11.4. The highest BCUT2D eigenvalue weighted by Gasteiger charge is 2.32. The minimum atomic E-state index is -3.62. The van der Waals surface area contributed by atoms with E-state index < -0.39 is 10.0 Å². The van der Waals surface area contributed by atoms with Gasteiger partial charge in [0.15, 0.2) is 0 Å². The van der Waals surface area contributed by atoms with Crippen molar-refractivity contribution in [3.05, 3.63) is 29.3 Å². The predicted molar refractivity (Wildman–Crippen MR) is 57.7 cm³/mol. The zero-order valence-corrected chi connectivity index (χ0v) is 9.56. The van der Waals surface area contributed by atoms with Gasteiger partial charge >= 0.3 is 0 Å². The Morgan fingerprint density at radius 3 is 2.67 bits per heavy atom. The van der Waals surface area contributed by atoms with E-state index >= 15 is 0 Å². The number of sulfonamides is 1. The van der Waals surface area contributed by atoms with Crippen molar-refractivity contribution in [2.24, 2.45) is 5.14 Å². The summed E-state index contributed by atoms with van der Waals surface area (Å²) in [4.78, 5) is 0.234. The topological polar surface area (TPSA) is 72.2 Å². The molecular formula is C10H14N2O2S. The molecule has 0 bridgehead atoms. The molecule has 0 atom stereocenters. The minimum Gasteiger partial charge on any atom is -0.304 e. The quantitative estimate of drug-likeness (QED) is 0.739. The number of benzene rings is 1. The lowest BCUT2D eigenvalue weighted by Gasteiger charge is -2.19. The third-order valence-electron chi connectivity index (χ3n) is 2.82. The third-order valence-corrected chi connectivity index (χ3v) is 3.82. The molecular weight excluding hydrogens is 212 g/mol. The Hall–Kier alpha value is -0.910. The van der Waals surface area contributed by atoms with Gasteiger partial charge in [0, 0.05) is 12.1 Å². The maximum Gasteiger partial charge on any atom is 0.238 e. The number of fused-ring (bicyclic) bond motifs is 1. The Balaban J connectivity index is 2.70. The van der Waals surface area contributed by atoms with Crippen LogP contribution in [0.1, 0.15) is 25.0 Å². The average Bonchev–Trinajstić information content (AvgIpc) is 2.41. The molecule has 2 rings (SSSR count). The molecule has 0 amide bonds. The van der Waals surface area contributed by atoms with Crippen molar-refractivity contribution >= 4 is 10.0 Å². The summed E-state index contributed by atoms with van der Waals surface area (Å²) in [6, 6.07) is 5.22. The minimum absolute atomic E-state index is 0.184. The third kappa shape index (κ3) is 1.67. The summed E-state index contributed by atoms with van der Waals surface area (Å²) in [5.74, 6) is 0. The highest BCUT2D eigenvalue weighted by Crippen LogP contribution is 2.33. The van der Waals surface area contributed by atoms with E-state index in [-0.39, 0.29) is 10.4 Å². The van der Waals surface area contributed by atoms with Gasteiger partial charge in [-0.3, -0.25) is 0 Å². The summed E-state index contributed by atoms with van der Waals surface area (Å²) in [5, 5.41) is 8.42. The molecule has 0 fully saturated rings. The predicted octanol–water partition coefficient (Wildman–Crippen LogP) is 0.672. The summed E-state index contributed by atoms with van der Waals surface area (Å²) < 4.78 is 22.7. The van der Waals surface area contributed by atoms with Crippen LogP contribution >= 0.6 is 0 Å². The number of nitrogens with two attached hydrogens (primary N) is 1. The highest BCUT2D eigenvalue weighted by molar-refractivity contribution is 7.89. The summed E-state index contributed by atoms with van der Waals surface area (Å²) in [5.41, 5.74) is 1.62. The molecule has 0 unspecified atom stereocenters. The lowest BCUT2D eigenvalue weighted by atomic mass is 9.95. The van der Waals surface area contributed by atoms with Gasteiger partial charge < -0.3 is 5.32 Å². The fraction of sp³-hybridized carbons (Fsp3) is 0.400. The maximum atomic E-state index is 11.4. The Morgan fingerprint density at radius 1 is 1.40 bits per heavy atom. The van der Waals surface area contributed by atoms with Crippen LogP contribution in [-0.4, -0.2) is 8.42 Å². The standard InChI is InChI=1S/C10H14N2O2S/c1-10(2)8-4-3-5-9(15(11,13)14)7(8)6-12-10/h3-5,12H,6H2,1-2H3,(H2,11,13,14). The van der Waals surface area contributed by atoms with Gasteiger partial charge in [0.1, 0.15) is 0 Å². The molecule has 3 N–H and O–H groups in total. The van der Waals surface area contributed by atoms with Gasteiger partial charge in [-0.05, 0) is 31.0 Å². The molecule has 82 valence electrons. The first-order valence-electron chi connectivity index (χ1n) is 4.72. The van der Waals surface area contributed by atoms with E-state index in [1.165, 1.54) is 0 Å². The van der Waals surface area contributed by atoms with Gasteiger partial charge in [-0.2, -0.15) is 0 Å². The van der Waals surface area contributed by atoms with Crippen molar-refractivity contribution in [1.29, 1.82) is 0 Å². The van der Waals surface area contributed by atoms with E-state index in [2.05, 4.69) is 5.32 Å². The molecule has 0 aliphatic carbocycles. The van der Waals surface area contributed by atoms with E-state index in [1.54, 1.807) is 12.1 Å². The first-order valence-corrected chi connectivity index (χ1v) is 6.27. The summed E-state index contributed by atoms with van der Waals surface area (Å²) in [6.45, 7) is 4.59. The van der Waals surface area contributed by atoms with Crippen LogP contribution < -0.4 is 10.5 Å². The lowest BCUT2D eigenvalue weighted by molar-refractivity contribution is 0.442. The molecule has 1 aliphatic heterocycles. The SMILES string of the molecule is CC1(C)NCc2c1cccc2S(N)(=O)=O. The summed E-state index contributed by atoms with van der Waals surface area (Å²) in [6.07, 6.45) is 0. The van der Waals surface area contributed by atoms with E-state index in [0.29, 0.717) is 6.54 Å². The molecule has 1 aromatic rings. The van der Waals surface area contributed by atoms with Crippen LogP contribution in [0.25, 0.3) is 0 Å². The smallest absolute Gasteiger partial charge is 0.238 e. The van der Waals surface area contributed by atoms with Gasteiger partial charge in [0.05, 0.1) is 4.90 Å². The Morgan fingerprint density at radius 2 is 2.07 bits per heavy atom. The molecule has 0 spiro atoms. The van der Waals surface area contributed by atoms with Crippen molar-refractivity contribution in [2.45, 2.75) is 30.8 Å². The number of primary sulfonamides is 1. The second-order valence-electron chi connectivity index (χ2n) is 4.31. The second-order valence-corrected chi connectivity index (χ2v) is 5.84. The Bertz CT molecular complexity index is 506. The number of nitrogens with one attached hydrogen (secondary N) is 1. The fourth-order valence-electron chi connectivity index (χ4n) is 2.00. The van der Waals surface area contributed by atoms with Crippen LogP contribution in [-0.2, 0) is 22.1 Å². The van der Waals surface area contributed by atoms with Crippen molar-refractivity contribution in [3.8, 4) is 0 Å². The molecule has 0 saturated carbocycles. The summed E-state index contributed by atoms with van der Waals surface area (Å²) >= 11 is 0. The molecule has 4 nitrogen and oxygen atoms in total. The van der Waals surface area contributed by atoms with Gasteiger partial charge in [-0.1, -0.05) is 12.1 Å². The van der Waals surface area contributed by atoms with Crippen molar-refractivity contribution in [1.82, 2.24) is 5.32 Å². The van der Waals surface area contributed by atoms with Crippen LogP contribution in [0.3, 0.4) is 0 Å². The van der Waals surface area contributed by atoms with Gasteiger partial charge in [0.25, 0.3) is 0 Å². The van der Waals surface area contributed by atoms with Gasteiger partial charge in [-0.25, -0.2) is 13.6 Å². The summed E-state index contributed by atoms with van der Waals surface area (Å²) in [7, 11) is -3.62. The molecule has 5 heteroatoms. The molecule has 1 aromatic carbocycles. The van der Waals surface area contributed by atoms with E-state index in [1.807, 2.05) is 19.9 Å². The Kier molecular flexibility index (Phi) is 2.15. The van der Waals surface area contributed by atoms with Gasteiger partial charge in [0.2, 0.25) is 10.0 Å². The monoisotopic (exact) mass is 226 g/mol. The Labute approximate surface area is 89.5 Å². The zero-order valence-electron chi connectivity index (χ0n) is 8.74. The average molecular weight is 226 g/mol. The first kappa shape index (κ1) is 10.6. The molecule has 0 aromatic heterocycles. The van der Waals surface area contributed by atoms with E-state index in [4.69, 9.17) is 5.14 Å². The number of hydrogen-bond donors (Lipinski definition) is 2. The normalized spacial score (nSPS) is 18.9.